The van der Waals surface area contributed by atoms with Gasteiger partial charge < -0.3 is 9.88 Å². The van der Waals surface area contributed by atoms with Crippen molar-refractivity contribution in [1.29, 1.82) is 0 Å². The van der Waals surface area contributed by atoms with E-state index in [1.54, 1.807) is 11.6 Å². The van der Waals surface area contributed by atoms with E-state index in [0.717, 1.165) is 21.3 Å². The SMILES string of the molecule is CC(C)c1cccc(NC(=O)Cn2c(=O)n(C)c(=O)c3c2c(-c2ccccc2)cn3C)c1. The summed E-state index contributed by atoms with van der Waals surface area (Å²) in [5, 5.41) is 2.88. The van der Waals surface area contributed by atoms with Crippen LogP contribution in [-0.2, 0) is 25.4 Å². The van der Waals surface area contributed by atoms with Crippen molar-refractivity contribution in [3.8, 4) is 11.1 Å². The Kier molecular flexibility index (Phi) is 5.57. The Morgan fingerprint density at radius 2 is 1.69 bits per heavy atom. The number of hydrogen-bond donors (Lipinski definition) is 1. The van der Waals surface area contributed by atoms with Crippen LogP contribution in [-0.4, -0.2) is 19.6 Å². The van der Waals surface area contributed by atoms with Crippen molar-refractivity contribution >= 4 is 22.6 Å². The van der Waals surface area contributed by atoms with Crippen molar-refractivity contribution in [1.82, 2.24) is 13.7 Å². The molecule has 0 spiro atoms. The van der Waals surface area contributed by atoms with E-state index in [1.165, 1.54) is 11.6 Å². The van der Waals surface area contributed by atoms with Crippen molar-refractivity contribution in [3.05, 3.63) is 87.2 Å². The molecule has 0 fully saturated rings. The first-order chi connectivity index (χ1) is 15.3. The summed E-state index contributed by atoms with van der Waals surface area (Å²) in [6.45, 7) is 3.96. The van der Waals surface area contributed by atoms with E-state index in [9.17, 15) is 14.4 Å². The van der Waals surface area contributed by atoms with Crippen LogP contribution in [0, 0.1) is 0 Å². The smallest absolute Gasteiger partial charge is 0.331 e. The van der Waals surface area contributed by atoms with Crippen LogP contribution in [0.2, 0.25) is 0 Å². The molecule has 4 rings (SSSR count). The van der Waals surface area contributed by atoms with E-state index in [0.29, 0.717) is 22.6 Å². The lowest BCUT2D eigenvalue weighted by Crippen LogP contribution is -2.40. The van der Waals surface area contributed by atoms with Gasteiger partial charge in [0.2, 0.25) is 5.91 Å². The van der Waals surface area contributed by atoms with Crippen LogP contribution in [0.5, 0.6) is 0 Å². The molecule has 7 nitrogen and oxygen atoms in total. The molecular formula is C25H26N4O3. The lowest BCUT2D eigenvalue weighted by molar-refractivity contribution is -0.116. The Morgan fingerprint density at radius 3 is 2.38 bits per heavy atom. The summed E-state index contributed by atoms with van der Waals surface area (Å²) in [5.74, 6) is -0.00804. The summed E-state index contributed by atoms with van der Waals surface area (Å²) in [6.07, 6.45) is 1.82. The highest BCUT2D eigenvalue weighted by Gasteiger charge is 2.20. The quantitative estimate of drug-likeness (QED) is 0.527. The van der Waals surface area contributed by atoms with E-state index in [-0.39, 0.29) is 12.5 Å². The van der Waals surface area contributed by atoms with Gasteiger partial charge in [-0.3, -0.25) is 18.7 Å². The molecule has 2 aromatic heterocycles. The van der Waals surface area contributed by atoms with Crippen molar-refractivity contribution in [2.75, 3.05) is 5.32 Å². The Labute approximate surface area is 185 Å². The lowest BCUT2D eigenvalue weighted by atomic mass is 10.0. The third kappa shape index (κ3) is 3.77. The van der Waals surface area contributed by atoms with Crippen LogP contribution in [0.25, 0.3) is 22.2 Å². The molecule has 2 heterocycles. The molecular weight excluding hydrogens is 404 g/mol. The minimum Gasteiger partial charge on any atom is -0.344 e. The average Bonchev–Trinajstić information content (AvgIpc) is 3.13. The van der Waals surface area contributed by atoms with Gasteiger partial charge in [-0.05, 0) is 29.2 Å². The maximum atomic E-state index is 13.1. The van der Waals surface area contributed by atoms with E-state index in [2.05, 4.69) is 19.2 Å². The molecule has 0 aliphatic carbocycles. The molecule has 0 saturated heterocycles. The van der Waals surface area contributed by atoms with Gasteiger partial charge in [0.15, 0.2) is 0 Å². The van der Waals surface area contributed by atoms with Gasteiger partial charge in [0, 0.05) is 31.5 Å². The standard InChI is InChI=1S/C25H26N4O3/c1-16(2)18-11-8-12-19(13-18)26-21(30)15-29-22-20(17-9-6-5-7-10-17)14-27(3)23(22)24(31)28(4)25(29)32/h5-14,16H,15H2,1-4H3,(H,26,30). The fraction of sp³-hybridized carbons (Fsp3) is 0.240. The highest BCUT2D eigenvalue weighted by Crippen LogP contribution is 2.28. The molecule has 4 aromatic rings. The minimum absolute atomic E-state index is 0.209. The summed E-state index contributed by atoms with van der Waals surface area (Å²) in [6, 6.07) is 17.2. The number of anilines is 1. The average molecular weight is 431 g/mol. The van der Waals surface area contributed by atoms with Gasteiger partial charge >= 0.3 is 5.69 Å². The van der Waals surface area contributed by atoms with E-state index < -0.39 is 11.2 Å². The number of nitrogens with one attached hydrogen (secondary N) is 1. The van der Waals surface area contributed by atoms with Crippen molar-refractivity contribution < 1.29 is 4.79 Å². The highest BCUT2D eigenvalue weighted by molar-refractivity contribution is 5.95. The summed E-state index contributed by atoms with van der Waals surface area (Å²) in [5.41, 5.74) is 3.29. The zero-order valence-electron chi connectivity index (χ0n) is 18.6. The maximum Gasteiger partial charge on any atom is 0.331 e. The first kappa shape index (κ1) is 21.4. The number of hydrogen-bond acceptors (Lipinski definition) is 3. The summed E-state index contributed by atoms with van der Waals surface area (Å²) < 4.78 is 4.13. The van der Waals surface area contributed by atoms with Crippen molar-refractivity contribution in [2.45, 2.75) is 26.3 Å². The van der Waals surface area contributed by atoms with Crippen LogP contribution in [0.4, 0.5) is 5.69 Å². The van der Waals surface area contributed by atoms with Crippen molar-refractivity contribution in [3.63, 3.8) is 0 Å². The molecule has 0 aliphatic heterocycles. The zero-order valence-corrected chi connectivity index (χ0v) is 18.6. The Hall–Kier alpha value is -3.87. The second-order valence-corrected chi connectivity index (χ2v) is 8.28. The topological polar surface area (TPSA) is 78.0 Å². The number of amides is 1. The molecule has 1 N–H and O–H groups in total. The molecule has 0 radical (unpaired) electrons. The maximum absolute atomic E-state index is 13.1. The summed E-state index contributed by atoms with van der Waals surface area (Å²) in [4.78, 5) is 38.9. The van der Waals surface area contributed by atoms with Crippen LogP contribution in [0.3, 0.4) is 0 Å². The monoisotopic (exact) mass is 430 g/mol. The molecule has 0 unspecified atom stereocenters. The summed E-state index contributed by atoms with van der Waals surface area (Å²) in [7, 11) is 3.20. The van der Waals surface area contributed by atoms with Crippen LogP contribution >= 0.6 is 0 Å². The first-order valence-electron chi connectivity index (χ1n) is 10.5. The third-order valence-corrected chi connectivity index (χ3v) is 5.67. The number of aryl methyl sites for hydroxylation is 1. The second-order valence-electron chi connectivity index (χ2n) is 8.28. The Bertz CT molecular complexity index is 1430. The molecule has 0 saturated carbocycles. The fourth-order valence-electron chi connectivity index (χ4n) is 3.96. The Balaban J connectivity index is 1.82. The number of benzene rings is 2. The van der Waals surface area contributed by atoms with Crippen LogP contribution in [0.15, 0.2) is 70.4 Å². The molecule has 164 valence electrons. The molecule has 32 heavy (non-hydrogen) atoms. The largest absolute Gasteiger partial charge is 0.344 e. The molecule has 1 amide bonds. The predicted octanol–water partition coefficient (Wildman–Crippen LogP) is 3.47. The van der Waals surface area contributed by atoms with Crippen LogP contribution < -0.4 is 16.6 Å². The van der Waals surface area contributed by atoms with Gasteiger partial charge in [0.05, 0.1) is 5.52 Å². The van der Waals surface area contributed by atoms with Gasteiger partial charge in [-0.25, -0.2) is 4.79 Å². The number of aromatic nitrogens is 3. The molecule has 0 bridgehead atoms. The van der Waals surface area contributed by atoms with Gasteiger partial charge in [-0.1, -0.05) is 56.3 Å². The van der Waals surface area contributed by atoms with E-state index in [4.69, 9.17) is 0 Å². The zero-order chi connectivity index (χ0) is 23.0. The Morgan fingerprint density at radius 1 is 0.969 bits per heavy atom. The minimum atomic E-state index is -0.531. The number of nitrogens with zero attached hydrogens (tertiary/aromatic N) is 3. The highest BCUT2D eigenvalue weighted by atomic mass is 16.2. The van der Waals surface area contributed by atoms with Crippen molar-refractivity contribution in [2.24, 2.45) is 14.1 Å². The lowest BCUT2D eigenvalue weighted by Gasteiger charge is -2.13. The number of fused-ring (bicyclic) bond motifs is 1. The normalized spacial score (nSPS) is 11.3. The van der Waals surface area contributed by atoms with Gasteiger partial charge in [0.1, 0.15) is 12.1 Å². The number of carbonyl (C=O) groups is 1. The van der Waals surface area contributed by atoms with Gasteiger partial charge in [-0.15, -0.1) is 0 Å². The first-order valence-corrected chi connectivity index (χ1v) is 10.5. The molecule has 7 heteroatoms. The van der Waals surface area contributed by atoms with Gasteiger partial charge in [0.25, 0.3) is 5.56 Å². The fourth-order valence-corrected chi connectivity index (χ4v) is 3.96. The summed E-state index contributed by atoms with van der Waals surface area (Å²) >= 11 is 0. The molecule has 2 aromatic carbocycles. The number of carbonyl (C=O) groups excluding carboxylic acids is 1. The second kappa shape index (κ2) is 8.34. The predicted molar refractivity (Wildman–Crippen MR) is 127 cm³/mol. The number of rotatable bonds is 5. The van der Waals surface area contributed by atoms with E-state index in [1.807, 2.05) is 60.8 Å². The van der Waals surface area contributed by atoms with Crippen LogP contribution in [0.1, 0.15) is 25.3 Å². The van der Waals surface area contributed by atoms with Gasteiger partial charge in [-0.2, -0.15) is 0 Å². The molecule has 0 atom stereocenters. The van der Waals surface area contributed by atoms with E-state index >= 15 is 0 Å². The third-order valence-electron chi connectivity index (χ3n) is 5.67. The molecule has 0 aliphatic rings.